The van der Waals surface area contributed by atoms with Crippen molar-refractivity contribution in [3.8, 4) is 0 Å². The molecular weight excluding hydrogens is 176 g/mol. The molecule has 0 unspecified atom stereocenters. The molecule has 0 spiro atoms. The van der Waals surface area contributed by atoms with Crippen molar-refractivity contribution in [3.63, 3.8) is 0 Å². The lowest BCUT2D eigenvalue weighted by Crippen LogP contribution is -2.07. The van der Waals surface area contributed by atoms with E-state index < -0.39 is 0 Å². The first-order chi connectivity index (χ1) is 4.30. The van der Waals surface area contributed by atoms with Crippen molar-refractivity contribution in [2.75, 3.05) is 0 Å². The first-order valence-corrected chi connectivity index (χ1v) is 4.86. The predicted molar refractivity (Wildman–Crippen MR) is 45.0 cm³/mol. The van der Waals surface area contributed by atoms with Gasteiger partial charge in [-0.1, -0.05) is 42.1 Å². The standard InChI is InChI=1S/C8H15Br/c1-7-5-3-2-4-6-8(7)9/h7-8H,2-6H2,1H3/t7-,8+/m1/s1. The molecule has 1 saturated carbocycles. The first-order valence-electron chi connectivity index (χ1n) is 3.95. The molecule has 0 aromatic heterocycles. The lowest BCUT2D eigenvalue weighted by atomic mass is 10.0. The highest BCUT2D eigenvalue weighted by Crippen LogP contribution is 2.27. The first kappa shape index (κ1) is 7.59. The zero-order valence-corrected chi connectivity index (χ0v) is 7.65. The molecule has 9 heavy (non-hydrogen) atoms. The molecule has 0 heterocycles. The molecule has 0 aromatic carbocycles. The highest BCUT2D eigenvalue weighted by molar-refractivity contribution is 9.09. The minimum Gasteiger partial charge on any atom is -0.0888 e. The van der Waals surface area contributed by atoms with Crippen LogP contribution >= 0.6 is 15.9 Å². The summed E-state index contributed by atoms with van der Waals surface area (Å²) in [5.41, 5.74) is 0. The molecule has 1 aliphatic rings. The van der Waals surface area contributed by atoms with Crippen molar-refractivity contribution >= 4 is 15.9 Å². The second-order valence-corrected chi connectivity index (χ2v) is 4.31. The fourth-order valence-electron chi connectivity index (χ4n) is 1.45. The molecule has 0 aliphatic heterocycles. The molecule has 1 aliphatic carbocycles. The minimum absolute atomic E-state index is 0.806. The van der Waals surface area contributed by atoms with Gasteiger partial charge in [0.25, 0.3) is 0 Å². The summed E-state index contributed by atoms with van der Waals surface area (Å²) >= 11 is 3.70. The molecule has 1 rings (SSSR count). The van der Waals surface area contributed by atoms with Gasteiger partial charge in [0, 0.05) is 4.83 Å². The topological polar surface area (TPSA) is 0 Å². The largest absolute Gasteiger partial charge is 0.0888 e. The van der Waals surface area contributed by atoms with E-state index >= 15 is 0 Å². The van der Waals surface area contributed by atoms with E-state index in [1.165, 1.54) is 32.1 Å². The van der Waals surface area contributed by atoms with Crippen LogP contribution in [-0.2, 0) is 0 Å². The normalized spacial score (nSPS) is 38.0. The number of rotatable bonds is 0. The van der Waals surface area contributed by atoms with Crippen molar-refractivity contribution in [3.05, 3.63) is 0 Å². The molecule has 0 amide bonds. The summed E-state index contributed by atoms with van der Waals surface area (Å²) in [6, 6.07) is 0. The summed E-state index contributed by atoms with van der Waals surface area (Å²) in [4.78, 5) is 0.806. The Labute approximate surface area is 66.2 Å². The van der Waals surface area contributed by atoms with E-state index in [9.17, 15) is 0 Å². The van der Waals surface area contributed by atoms with Crippen LogP contribution in [0.15, 0.2) is 0 Å². The molecule has 0 aromatic rings. The Kier molecular flexibility index (Phi) is 3.03. The van der Waals surface area contributed by atoms with E-state index in [4.69, 9.17) is 0 Å². The van der Waals surface area contributed by atoms with E-state index in [0.717, 1.165) is 10.7 Å². The Morgan fingerprint density at radius 1 is 1.11 bits per heavy atom. The number of hydrogen-bond donors (Lipinski definition) is 0. The smallest absolute Gasteiger partial charge is 0.0171 e. The summed E-state index contributed by atoms with van der Waals surface area (Å²) < 4.78 is 0. The van der Waals surface area contributed by atoms with Gasteiger partial charge < -0.3 is 0 Å². The molecule has 0 N–H and O–H groups in total. The van der Waals surface area contributed by atoms with Gasteiger partial charge >= 0.3 is 0 Å². The van der Waals surface area contributed by atoms with E-state index in [2.05, 4.69) is 22.9 Å². The summed E-state index contributed by atoms with van der Waals surface area (Å²) in [5, 5.41) is 0. The van der Waals surface area contributed by atoms with Crippen molar-refractivity contribution in [1.82, 2.24) is 0 Å². The van der Waals surface area contributed by atoms with Crippen LogP contribution in [0.25, 0.3) is 0 Å². The van der Waals surface area contributed by atoms with Crippen molar-refractivity contribution < 1.29 is 0 Å². The third kappa shape index (κ3) is 2.29. The second-order valence-electron chi connectivity index (χ2n) is 3.13. The van der Waals surface area contributed by atoms with Crippen LogP contribution in [0.3, 0.4) is 0 Å². The highest BCUT2D eigenvalue weighted by atomic mass is 79.9. The average molecular weight is 191 g/mol. The van der Waals surface area contributed by atoms with E-state index in [-0.39, 0.29) is 0 Å². The molecule has 2 atom stereocenters. The maximum atomic E-state index is 3.70. The monoisotopic (exact) mass is 190 g/mol. The van der Waals surface area contributed by atoms with Gasteiger partial charge in [-0.15, -0.1) is 0 Å². The van der Waals surface area contributed by atoms with Gasteiger partial charge in [0.1, 0.15) is 0 Å². The van der Waals surface area contributed by atoms with Crippen LogP contribution < -0.4 is 0 Å². The van der Waals surface area contributed by atoms with Gasteiger partial charge in [-0.2, -0.15) is 0 Å². The Hall–Kier alpha value is 0.480. The van der Waals surface area contributed by atoms with E-state index in [1.807, 2.05) is 0 Å². The Morgan fingerprint density at radius 3 is 2.56 bits per heavy atom. The average Bonchev–Trinajstić information content (AvgIpc) is 1.99. The second kappa shape index (κ2) is 3.60. The molecule has 0 nitrogen and oxygen atoms in total. The summed E-state index contributed by atoms with van der Waals surface area (Å²) in [6.07, 6.45) is 7.15. The van der Waals surface area contributed by atoms with Gasteiger partial charge in [0.15, 0.2) is 0 Å². The molecule has 0 bridgehead atoms. The summed E-state index contributed by atoms with van der Waals surface area (Å²) in [6.45, 7) is 2.35. The summed E-state index contributed by atoms with van der Waals surface area (Å²) in [7, 11) is 0. The quantitative estimate of drug-likeness (QED) is 0.407. The maximum Gasteiger partial charge on any atom is 0.0171 e. The highest BCUT2D eigenvalue weighted by Gasteiger charge is 2.15. The van der Waals surface area contributed by atoms with E-state index in [0.29, 0.717) is 0 Å². The predicted octanol–water partition coefficient (Wildman–Crippen LogP) is 3.35. The van der Waals surface area contributed by atoms with Crippen LogP contribution in [0.5, 0.6) is 0 Å². The lowest BCUT2D eigenvalue weighted by Gasteiger charge is -2.12. The van der Waals surface area contributed by atoms with Gasteiger partial charge in [-0.05, 0) is 18.8 Å². The van der Waals surface area contributed by atoms with Crippen LogP contribution in [0, 0.1) is 5.92 Å². The van der Waals surface area contributed by atoms with Crippen molar-refractivity contribution in [1.29, 1.82) is 0 Å². The Morgan fingerprint density at radius 2 is 1.78 bits per heavy atom. The molecule has 54 valence electrons. The number of halogens is 1. The van der Waals surface area contributed by atoms with Crippen LogP contribution in [0.2, 0.25) is 0 Å². The molecule has 1 fully saturated rings. The van der Waals surface area contributed by atoms with Crippen molar-refractivity contribution in [2.45, 2.75) is 43.9 Å². The van der Waals surface area contributed by atoms with Gasteiger partial charge in [-0.25, -0.2) is 0 Å². The minimum atomic E-state index is 0.806. The van der Waals surface area contributed by atoms with Crippen LogP contribution in [-0.4, -0.2) is 4.83 Å². The van der Waals surface area contributed by atoms with Crippen LogP contribution in [0.1, 0.15) is 39.0 Å². The lowest BCUT2D eigenvalue weighted by molar-refractivity contribution is 0.524. The molecule has 0 radical (unpaired) electrons. The zero-order chi connectivity index (χ0) is 6.69. The number of hydrogen-bond acceptors (Lipinski definition) is 0. The Balaban J connectivity index is 2.32. The fourth-order valence-corrected chi connectivity index (χ4v) is 2.04. The van der Waals surface area contributed by atoms with Gasteiger partial charge in [0.05, 0.1) is 0 Å². The van der Waals surface area contributed by atoms with E-state index in [1.54, 1.807) is 0 Å². The zero-order valence-electron chi connectivity index (χ0n) is 6.07. The third-order valence-electron chi connectivity index (χ3n) is 2.26. The number of alkyl halides is 1. The molecular formula is C8H15Br. The van der Waals surface area contributed by atoms with Crippen LogP contribution in [0.4, 0.5) is 0 Å². The molecule has 0 saturated heterocycles. The Bertz CT molecular complexity index is 70.6. The van der Waals surface area contributed by atoms with Crippen molar-refractivity contribution in [2.24, 2.45) is 5.92 Å². The fraction of sp³-hybridized carbons (Fsp3) is 1.00. The molecule has 1 heteroatoms. The third-order valence-corrected chi connectivity index (χ3v) is 3.62. The maximum absolute atomic E-state index is 3.70. The summed E-state index contributed by atoms with van der Waals surface area (Å²) in [5.74, 6) is 0.910. The van der Waals surface area contributed by atoms with Gasteiger partial charge in [-0.3, -0.25) is 0 Å². The van der Waals surface area contributed by atoms with Gasteiger partial charge in [0.2, 0.25) is 0 Å². The SMILES string of the molecule is C[C@@H]1CCCCC[C@@H]1Br.